The number of nitrogens with zero attached hydrogens (tertiary/aromatic N) is 2. The van der Waals surface area contributed by atoms with E-state index in [1.54, 1.807) is 0 Å². The average Bonchev–Trinajstić information content (AvgIpc) is 2.58. The van der Waals surface area contributed by atoms with Gasteiger partial charge in [0.1, 0.15) is 5.82 Å². The van der Waals surface area contributed by atoms with Crippen LogP contribution in [0.4, 0.5) is 5.82 Å². The summed E-state index contributed by atoms with van der Waals surface area (Å²) in [5, 5.41) is 0. The number of hydrogen-bond donors (Lipinski definition) is 1. The van der Waals surface area contributed by atoms with Crippen molar-refractivity contribution in [2.75, 3.05) is 5.73 Å². The van der Waals surface area contributed by atoms with E-state index in [4.69, 9.17) is 5.73 Å². The summed E-state index contributed by atoms with van der Waals surface area (Å²) in [5.41, 5.74) is 7.79. The van der Waals surface area contributed by atoms with E-state index < -0.39 is 0 Å². The molecular formula is C14H21N3. The molecule has 0 saturated heterocycles. The number of rotatable bonds is 1. The quantitative estimate of drug-likeness (QED) is 0.807. The van der Waals surface area contributed by atoms with Gasteiger partial charge < -0.3 is 10.3 Å². The van der Waals surface area contributed by atoms with Gasteiger partial charge >= 0.3 is 0 Å². The van der Waals surface area contributed by atoms with Crippen LogP contribution in [0.5, 0.6) is 0 Å². The molecule has 4 bridgehead atoms. The molecule has 92 valence electrons. The zero-order valence-corrected chi connectivity index (χ0v) is 10.5. The van der Waals surface area contributed by atoms with E-state index in [1.165, 1.54) is 44.2 Å². The molecule has 0 radical (unpaired) electrons. The topological polar surface area (TPSA) is 43.8 Å². The maximum absolute atomic E-state index is 6.22. The van der Waals surface area contributed by atoms with Crippen molar-refractivity contribution in [1.29, 1.82) is 0 Å². The van der Waals surface area contributed by atoms with Crippen LogP contribution in [0.1, 0.15) is 44.2 Å². The summed E-state index contributed by atoms with van der Waals surface area (Å²) in [4.78, 5) is 4.64. The van der Waals surface area contributed by atoms with Crippen molar-refractivity contribution in [2.45, 2.75) is 43.9 Å². The Balaban J connectivity index is 1.80. The van der Waals surface area contributed by atoms with E-state index in [0.717, 1.165) is 23.6 Å². The number of anilines is 1. The summed E-state index contributed by atoms with van der Waals surface area (Å²) < 4.78 is 1.98. The molecule has 1 aromatic heterocycles. The highest BCUT2D eigenvalue weighted by molar-refractivity contribution is 5.42. The number of imidazole rings is 1. The standard InChI is InChI=1S/C14H21N3/c1-17-8-16-12(13(17)15)14-5-9-2-10(6-14)4-11(3-9)7-14/h8-11H,2-7,15H2,1H3. The lowest BCUT2D eigenvalue weighted by molar-refractivity contribution is -0.00666. The summed E-state index contributed by atoms with van der Waals surface area (Å²) in [7, 11) is 2.01. The lowest BCUT2D eigenvalue weighted by atomic mass is 9.49. The molecule has 0 amide bonds. The monoisotopic (exact) mass is 231 g/mol. The lowest BCUT2D eigenvalue weighted by Gasteiger charge is -2.56. The van der Waals surface area contributed by atoms with Crippen LogP contribution in [0.15, 0.2) is 6.33 Å². The Labute approximate surface area is 102 Å². The third-order valence-electron chi connectivity index (χ3n) is 5.52. The summed E-state index contributed by atoms with van der Waals surface area (Å²) >= 11 is 0. The van der Waals surface area contributed by atoms with Crippen LogP contribution in [0.2, 0.25) is 0 Å². The second-order valence-electron chi connectivity index (χ2n) is 6.79. The second-order valence-corrected chi connectivity index (χ2v) is 6.79. The molecule has 0 aromatic carbocycles. The molecule has 5 rings (SSSR count). The highest BCUT2D eigenvalue weighted by atomic mass is 15.1. The zero-order chi connectivity index (χ0) is 11.6. The van der Waals surface area contributed by atoms with E-state index in [9.17, 15) is 0 Å². The minimum Gasteiger partial charge on any atom is -0.384 e. The van der Waals surface area contributed by atoms with Crippen molar-refractivity contribution < 1.29 is 0 Å². The molecule has 4 aliphatic carbocycles. The van der Waals surface area contributed by atoms with E-state index in [-0.39, 0.29) is 0 Å². The second kappa shape index (κ2) is 3.06. The molecule has 0 spiro atoms. The predicted octanol–water partition coefficient (Wildman–Crippen LogP) is 2.47. The first-order valence-electron chi connectivity index (χ1n) is 6.93. The third-order valence-corrected chi connectivity index (χ3v) is 5.52. The molecule has 3 nitrogen and oxygen atoms in total. The minimum atomic E-state index is 0.347. The SMILES string of the molecule is Cn1cnc(C23CC4CC(CC(C4)C2)C3)c1N. The molecule has 1 heterocycles. The van der Waals surface area contributed by atoms with E-state index in [0.29, 0.717) is 5.41 Å². The van der Waals surface area contributed by atoms with Gasteiger partial charge in [0.2, 0.25) is 0 Å². The first kappa shape index (κ1) is 9.98. The van der Waals surface area contributed by atoms with Crippen molar-refractivity contribution in [3.05, 3.63) is 12.0 Å². The van der Waals surface area contributed by atoms with Gasteiger partial charge in [0.15, 0.2) is 0 Å². The van der Waals surface area contributed by atoms with Crippen molar-refractivity contribution in [1.82, 2.24) is 9.55 Å². The molecule has 2 N–H and O–H groups in total. The largest absolute Gasteiger partial charge is 0.384 e. The Morgan fingerprint density at radius 1 is 1.18 bits per heavy atom. The number of nitrogen functional groups attached to an aromatic ring is 1. The molecule has 17 heavy (non-hydrogen) atoms. The summed E-state index contributed by atoms with van der Waals surface area (Å²) in [5.74, 6) is 3.79. The van der Waals surface area contributed by atoms with Gasteiger partial charge in [-0.3, -0.25) is 0 Å². The first-order chi connectivity index (χ1) is 8.16. The highest BCUT2D eigenvalue weighted by Gasteiger charge is 2.53. The van der Waals surface area contributed by atoms with Crippen LogP contribution >= 0.6 is 0 Å². The van der Waals surface area contributed by atoms with Crippen molar-refractivity contribution in [2.24, 2.45) is 24.8 Å². The van der Waals surface area contributed by atoms with Crippen LogP contribution < -0.4 is 5.73 Å². The Morgan fingerprint density at radius 3 is 2.12 bits per heavy atom. The Kier molecular flexibility index (Phi) is 1.80. The highest BCUT2D eigenvalue weighted by Crippen LogP contribution is 2.61. The van der Waals surface area contributed by atoms with E-state index in [2.05, 4.69) is 4.98 Å². The molecule has 0 unspecified atom stereocenters. The Bertz CT molecular complexity index is 425. The number of nitrogens with two attached hydrogens (primary N) is 1. The van der Waals surface area contributed by atoms with Gasteiger partial charge in [0.05, 0.1) is 12.0 Å². The fraction of sp³-hybridized carbons (Fsp3) is 0.786. The first-order valence-corrected chi connectivity index (χ1v) is 6.93. The van der Waals surface area contributed by atoms with Crippen LogP contribution in [0.25, 0.3) is 0 Å². The van der Waals surface area contributed by atoms with E-state index in [1.807, 2.05) is 17.9 Å². The van der Waals surface area contributed by atoms with Crippen molar-refractivity contribution in [3.8, 4) is 0 Å². The van der Waals surface area contributed by atoms with Crippen molar-refractivity contribution in [3.63, 3.8) is 0 Å². The van der Waals surface area contributed by atoms with Gasteiger partial charge in [-0.15, -0.1) is 0 Å². The molecule has 3 heteroatoms. The maximum Gasteiger partial charge on any atom is 0.126 e. The predicted molar refractivity (Wildman–Crippen MR) is 67.5 cm³/mol. The fourth-order valence-corrected chi connectivity index (χ4v) is 5.25. The summed E-state index contributed by atoms with van der Waals surface area (Å²) in [6, 6.07) is 0. The Morgan fingerprint density at radius 2 is 1.71 bits per heavy atom. The van der Waals surface area contributed by atoms with Gasteiger partial charge in [-0.05, 0) is 56.3 Å². The van der Waals surface area contributed by atoms with Crippen molar-refractivity contribution >= 4 is 5.82 Å². The maximum atomic E-state index is 6.22. The molecule has 4 fully saturated rings. The number of hydrogen-bond acceptors (Lipinski definition) is 2. The van der Waals surface area contributed by atoms with E-state index >= 15 is 0 Å². The number of aromatic nitrogens is 2. The summed E-state index contributed by atoms with van der Waals surface area (Å²) in [6.07, 6.45) is 10.4. The lowest BCUT2D eigenvalue weighted by Crippen LogP contribution is -2.49. The van der Waals surface area contributed by atoms with Gasteiger partial charge in [-0.25, -0.2) is 4.98 Å². The van der Waals surface area contributed by atoms with Crippen LogP contribution in [-0.2, 0) is 12.5 Å². The molecular weight excluding hydrogens is 210 g/mol. The van der Waals surface area contributed by atoms with Gasteiger partial charge in [0.25, 0.3) is 0 Å². The van der Waals surface area contributed by atoms with Crippen LogP contribution in [-0.4, -0.2) is 9.55 Å². The molecule has 0 aliphatic heterocycles. The average molecular weight is 231 g/mol. The van der Waals surface area contributed by atoms with Gasteiger partial charge in [0, 0.05) is 12.5 Å². The normalized spacial score (nSPS) is 43.2. The van der Waals surface area contributed by atoms with Gasteiger partial charge in [-0.2, -0.15) is 0 Å². The van der Waals surface area contributed by atoms with Crippen LogP contribution in [0, 0.1) is 17.8 Å². The zero-order valence-electron chi connectivity index (χ0n) is 10.5. The molecule has 0 atom stereocenters. The van der Waals surface area contributed by atoms with Crippen LogP contribution in [0.3, 0.4) is 0 Å². The third kappa shape index (κ3) is 1.25. The van der Waals surface area contributed by atoms with Gasteiger partial charge in [-0.1, -0.05) is 0 Å². The minimum absolute atomic E-state index is 0.347. The number of aryl methyl sites for hydroxylation is 1. The Hall–Kier alpha value is -0.990. The smallest absolute Gasteiger partial charge is 0.126 e. The molecule has 1 aromatic rings. The molecule has 4 aliphatic rings. The fourth-order valence-electron chi connectivity index (χ4n) is 5.25. The molecule has 4 saturated carbocycles. The summed E-state index contributed by atoms with van der Waals surface area (Å²) in [6.45, 7) is 0.